The Kier molecular flexibility index (Phi) is 5.68. The molecule has 0 spiro atoms. The predicted molar refractivity (Wildman–Crippen MR) is 107 cm³/mol. The van der Waals surface area contributed by atoms with Gasteiger partial charge in [0.15, 0.2) is 11.3 Å². The Hall–Kier alpha value is -3.28. The first kappa shape index (κ1) is 19.5. The number of hydrogen-bond donors (Lipinski definition) is 3. The molecule has 6 nitrogen and oxygen atoms in total. The molecule has 0 aliphatic carbocycles. The molecular formula is C22H23NO5. The summed E-state index contributed by atoms with van der Waals surface area (Å²) in [6, 6.07) is 12.9. The number of phenols is 2. The first-order chi connectivity index (χ1) is 13.4. The fourth-order valence-corrected chi connectivity index (χ4v) is 3.22. The van der Waals surface area contributed by atoms with E-state index >= 15 is 0 Å². The van der Waals surface area contributed by atoms with Crippen molar-refractivity contribution in [1.82, 2.24) is 5.32 Å². The lowest BCUT2D eigenvalue weighted by atomic mass is 10.0. The molecule has 28 heavy (non-hydrogen) atoms. The summed E-state index contributed by atoms with van der Waals surface area (Å²) in [5.41, 5.74) is 1.22. The summed E-state index contributed by atoms with van der Waals surface area (Å²) in [5, 5.41) is 22.9. The van der Waals surface area contributed by atoms with Crippen molar-refractivity contribution in [3.8, 4) is 11.5 Å². The summed E-state index contributed by atoms with van der Waals surface area (Å²) in [6.45, 7) is 3.62. The Morgan fingerprint density at radius 3 is 2.57 bits per heavy atom. The molecule has 0 unspecified atom stereocenters. The number of carbonyl (C=O) groups excluding carboxylic acids is 1. The fraction of sp³-hybridized carbons (Fsp3) is 0.273. The van der Waals surface area contributed by atoms with Crippen molar-refractivity contribution in [1.29, 1.82) is 0 Å². The number of nitrogens with one attached hydrogen (secondary N) is 1. The first-order valence-electron chi connectivity index (χ1n) is 9.17. The topological polar surface area (TPSA) is 99.8 Å². The van der Waals surface area contributed by atoms with Crippen LogP contribution in [0.1, 0.15) is 30.0 Å². The Bertz CT molecular complexity index is 1060. The number of aryl methyl sites for hydroxylation is 2. The van der Waals surface area contributed by atoms with E-state index < -0.39 is 11.4 Å². The van der Waals surface area contributed by atoms with Crippen molar-refractivity contribution in [3.63, 3.8) is 0 Å². The van der Waals surface area contributed by atoms with Crippen LogP contribution in [-0.4, -0.2) is 22.2 Å². The number of phenolic OH excluding ortho intramolecular Hbond substituents is 2. The second-order valence-electron chi connectivity index (χ2n) is 6.97. The van der Waals surface area contributed by atoms with E-state index in [1.165, 1.54) is 11.6 Å². The monoisotopic (exact) mass is 381 g/mol. The summed E-state index contributed by atoms with van der Waals surface area (Å²) in [7, 11) is 0. The Balaban J connectivity index is 1.71. The standard InChI is InChI=1S/C22H23NO5/c1-13(8-9-15-6-4-3-5-7-15)23-19(25)12-17-14(2)16-10-11-18(24)20(26)21(16)28-22(17)27/h3-7,10-11,13,24,26H,8-9,12H2,1-2H3,(H,23,25)/t13-/m0/s1. The maximum absolute atomic E-state index is 12.4. The zero-order valence-electron chi connectivity index (χ0n) is 15.9. The molecule has 1 heterocycles. The van der Waals surface area contributed by atoms with Gasteiger partial charge in [0.1, 0.15) is 0 Å². The molecule has 1 amide bonds. The maximum atomic E-state index is 12.4. The minimum absolute atomic E-state index is 0.0403. The molecular weight excluding hydrogens is 358 g/mol. The lowest BCUT2D eigenvalue weighted by Gasteiger charge is -2.15. The zero-order valence-corrected chi connectivity index (χ0v) is 15.9. The SMILES string of the molecule is Cc1c(CC(=O)N[C@@H](C)CCc2ccccc2)c(=O)oc2c(O)c(O)ccc12. The molecule has 146 valence electrons. The van der Waals surface area contributed by atoms with Gasteiger partial charge in [0.2, 0.25) is 11.7 Å². The summed E-state index contributed by atoms with van der Waals surface area (Å²) in [6.07, 6.45) is 1.53. The smallest absolute Gasteiger partial charge is 0.340 e. The van der Waals surface area contributed by atoms with Crippen LogP contribution in [0.2, 0.25) is 0 Å². The first-order valence-corrected chi connectivity index (χ1v) is 9.17. The molecule has 0 fully saturated rings. The highest BCUT2D eigenvalue weighted by atomic mass is 16.4. The Labute approximate surface area is 162 Å². The number of fused-ring (bicyclic) bond motifs is 1. The van der Waals surface area contributed by atoms with Crippen LogP contribution < -0.4 is 10.9 Å². The van der Waals surface area contributed by atoms with Gasteiger partial charge in [-0.3, -0.25) is 4.79 Å². The highest BCUT2D eigenvalue weighted by Crippen LogP contribution is 2.34. The van der Waals surface area contributed by atoms with Crippen LogP contribution in [0.5, 0.6) is 11.5 Å². The van der Waals surface area contributed by atoms with Crippen molar-refractivity contribution < 1.29 is 19.4 Å². The van der Waals surface area contributed by atoms with Gasteiger partial charge in [-0.25, -0.2) is 4.79 Å². The molecule has 3 rings (SSSR count). The number of carbonyl (C=O) groups is 1. The van der Waals surface area contributed by atoms with E-state index in [1.54, 1.807) is 13.0 Å². The van der Waals surface area contributed by atoms with E-state index in [-0.39, 0.29) is 35.3 Å². The van der Waals surface area contributed by atoms with Crippen molar-refractivity contribution in [2.24, 2.45) is 0 Å². The molecule has 0 aliphatic rings. The van der Waals surface area contributed by atoms with Crippen LogP contribution in [0.15, 0.2) is 51.7 Å². The van der Waals surface area contributed by atoms with Gasteiger partial charge in [0.05, 0.1) is 12.0 Å². The molecule has 3 aromatic rings. The summed E-state index contributed by atoms with van der Waals surface area (Å²) in [4.78, 5) is 24.7. The molecule has 0 bridgehead atoms. The molecule has 0 saturated carbocycles. The van der Waals surface area contributed by atoms with E-state index in [0.29, 0.717) is 10.9 Å². The summed E-state index contributed by atoms with van der Waals surface area (Å²) >= 11 is 0. The highest BCUT2D eigenvalue weighted by Gasteiger charge is 2.18. The maximum Gasteiger partial charge on any atom is 0.340 e. The van der Waals surface area contributed by atoms with Crippen LogP contribution in [0.4, 0.5) is 0 Å². The molecule has 0 radical (unpaired) electrons. The third-order valence-corrected chi connectivity index (χ3v) is 4.86. The number of hydrogen-bond acceptors (Lipinski definition) is 5. The number of benzene rings is 2. The van der Waals surface area contributed by atoms with Crippen LogP contribution in [0.3, 0.4) is 0 Å². The lowest BCUT2D eigenvalue weighted by molar-refractivity contribution is -0.121. The summed E-state index contributed by atoms with van der Waals surface area (Å²) < 4.78 is 5.15. The van der Waals surface area contributed by atoms with Gasteiger partial charge < -0.3 is 19.9 Å². The van der Waals surface area contributed by atoms with E-state index in [0.717, 1.165) is 12.8 Å². The highest BCUT2D eigenvalue weighted by molar-refractivity contribution is 5.89. The third kappa shape index (κ3) is 4.17. The molecule has 2 aromatic carbocycles. The minimum atomic E-state index is -0.696. The molecule has 3 N–H and O–H groups in total. The second-order valence-corrected chi connectivity index (χ2v) is 6.97. The molecule has 1 aromatic heterocycles. The van der Waals surface area contributed by atoms with Gasteiger partial charge in [-0.15, -0.1) is 0 Å². The van der Waals surface area contributed by atoms with Gasteiger partial charge in [0, 0.05) is 11.4 Å². The Morgan fingerprint density at radius 2 is 1.86 bits per heavy atom. The third-order valence-electron chi connectivity index (χ3n) is 4.86. The van der Waals surface area contributed by atoms with Gasteiger partial charge in [-0.05, 0) is 49.9 Å². The largest absolute Gasteiger partial charge is 0.504 e. The van der Waals surface area contributed by atoms with E-state index in [1.807, 2.05) is 37.3 Å². The van der Waals surface area contributed by atoms with E-state index in [2.05, 4.69) is 5.32 Å². The normalized spacial score (nSPS) is 12.1. The van der Waals surface area contributed by atoms with Crippen molar-refractivity contribution in [3.05, 3.63) is 69.6 Å². The average molecular weight is 381 g/mol. The van der Waals surface area contributed by atoms with Crippen molar-refractivity contribution in [2.75, 3.05) is 0 Å². The molecule has 0 saturated heterocycles. The lowest BCUT2D eigenvalue weighted by Crippen LogP contribution is -2.35. The molecule has 1 atom stereocenters. The number of aromatic hydroxyl groups is 2. The van der Waals surface area contributed by atoms with E-state index in [4.69, 9.17) is 4.42 Å². The summed E-state index contributed by atoms with van der Waals surface area (Å²) in [5.74, 6) is -1.12. The number of amides is 1. The van der Waals surface area contributed by atoms with Crippen LogP contribution in [0.25, 0.3) is 11.0 Å². The van der Waals surface area contributed by atoms with Gasteiger partial charge in [-0.2, -0.15) is 0 Å². The van der Waals surface area contributed by atoms with Crippen molar-refractivity contribution >= 4 is 16.9 Å². The van der Waals surface area contributed by atoms with Crippen LogP contribution in [0, 0.1) is 6.92 Å². The average Bonchev–Trinajstić information content (AvgIpc) is 2.67. The number of rotatable bonds is 6. The minimum Gasteiger partial charge on any atom is -0.504 e. The predicted octanol–water partition coefficient (Wildman–Crippen LogP) is 3.19. The zero-order chi connectivity index (χ0) is 20.3. The van der Waals surface area contributed by atoms with Gasteiger partial charge >= 0.3 is 5.63 Å². The fourth-order valence-electron chi connectivity index (χ4n) is 3.22. The quantitative estimate of drug-likeness (QED) is 0.450. The van der Waals surface area contributed by atoms with Crippen LogP contribution >= 0.6 is 0 Å². The van der Waals surface area contributed by atoms with Gasteiger partial charge in [-0.1, -0.05) is 30.3 Å². The second kappa shape index (κ2) is 8.17. The molecule has 6 heteroatoms. The van der Waals surface area contributed by atoms with E-state index in [9.17, 15) is 19.8 Å². The molecule has 0 aliphatic heterocycles. The van der Waals surface area contributed by atoms with Crippen molar-refractivity contribution in [2.45, 2.75) is 39.2 Å². The Morgan fingerprint density at radius 1 is 1.14 bits per heavy atom. The van der Waals surface area contributed by atoms with Gasteiger partial charge in [0.25, 0.3) is 0 Å². The van der Waals surface area contributed by atoms with Crippen LogP contribution in [-0.2, 0) is 17.6 Å².